The van der Waals surface area contributed by atoms with Crippen LogP contribution in [-0.2, 0) is 6.42 Å². The highest BCUT2D eigenvalue weighted by Crippen LogP contribution is 2.26. The summed E-state index contributed by atoms with van der Waals surface area (Å²) < 4.78 is 32.5. The molecule has 2 nitrogen and oxygen atoms in total. The third kappa shape index (κ3) is 4.02. The van der Waals surface area contributed by atoms with Crippen LogP contribution in [-0.4, -0.2) is 7.11 Å². The zero-order valence-electron chi connectivity index (χ0n) is 11.6. The summed E-state index contributed by atoms with van der Waals surface area (Å²) in [6.45, 7) is 0. The molecule has 1 atom stereocenters. The van der Waals surface area contributed by atoms with Crippen molar-refractivity contribution in [3.8, 4) is 5.75 Å². The van der Waals surface area contributed by atoms with Gasteiger partial charge in [-0.05, 0) is 58.6 Å². The molecule has 1 unspecified atom stereocenters. The predicted octanol–water partition coefficient (Wildman–Crippen LogP) is 4.37. The number of halogens is 3. The molecule has 0 aromatic heterocycles. The molecule has 2 N–H and O–H groups in total. The van der Waals surface area contributed by atoms with Gasteiger partial charge in [0.25, 0.3) is 0 Å². The van der Waals surface area contributed by atoms with E-state index >= 15 is 0 Å². The molecule has 21 heavy (non-hydrogen) atoms. The summed E-state index contributed by atoms with van der Waals surface area (Å²) in [6, 6.07) is 9.31. The normalized spacial score (nSPS) is 12.2. The first-order valence-electron chi connectivity index (χ1n) is 6.54. The van der Waals surface area contributed by atoms with Gasteiger partial charge in [0, 0.05) is 11.6 Å². The molecule has 0 saturated heterocycles. The van der Waals surface area contributed by atoms with E-state index in [1.54, 1.807) is 7.11 Å². The number of rotatable bonds is 5. The smallest absolute Gasteiger partial charge is 0.137 e. The maximum absolute atomic E-state index is 13.8. The molecule has 5 heteroatoms. The molecular formula is C16H16BrF2NO. The molecule has 2 rings (SSSR count). The van der Waals surface area contributed by atoms with E-state index in [9.17, 15) is 8.78 Å². The summed E-state index contributed by atoms with van der Waals surface area (Å²) in [7, 11) is 1.61. The average molecular weight is 356 g/mol. The van der Waals surface area contributed by atoms with Gasteiger partial charge in [0.15, 0.2) is 0 Å². The van der Waals surface area contributed by atoms with E-state index in [1.165, 1.54) is 0 Å². The van der Waals surface area contributed by atoms with Gasteiger partial charge < -0.3 is 10.5 Å². The first kappa shape index (κ1) is 15.9. The molecule has 0 amide bonds. The Hall–Kier alpha value is -1.46. The molecule has 0 saturated carbocycles. The second-order valence-electron chi connectivity index (χ2n) is 4.78. The number of nitrogens with two attached hydrogens (primary N) is 1. The molecule has 0 aliphatic rings. The number of hydrogen-bond acceptors (Lipinski definition) is 2. The largest absolute Gasteiger partial charge is 0.497 e. The van der Waals surface area contributed by atoms with Crippen LogP contribution in [0.4, 0.5) is 8.78 Å². The highest BCUT2D eigenvalue weighted by Gasteiger charge is 2.15. The lowest BCUT2D eigenvalue weighted by Gasteiger charge is -2.14. The van der Waals surface area contributed by atoms with Crippen LogP contribution in [0.3, 0.4) is 0 Å². The maximum atomic E-state index is 13.8. The van der Waals surface area contributed by atoms with Crippen LogP contribution in [0.2, 0.25) is 0 Å². The standard InChI is InChI=1S/C16H16BrF2NO/c1-21-11-5-2-10(3-6-11)4-7-16(20)12-8-15(19)13(17)9-14(12)18/h2-3,5-6,8-9,16H,4,7,20H2,1H3. The molecular weight excluding hydrogens is 340 g/mol. The van der Waals surface area contributed by atoms with Crippen LogP contribution < -0.4 is 10.5 Å². The van der Waals surface area contributed by atoms with Gasteiger partial charge in [-0.3, -0.25) is 0 Å². The minimum absolute atomic E-state index is 0.103. The third-order valence-corrected chi connectivity index (χ3v) is 3.95. The Kier molecular flexibility index (Phi) is 5.31. The molecule has 0 aliphatic carbocycles. The van der Waals surface area contributed by atoms with E-state index in [-0.39, 0.29) is 10.0 Å². The summed E-state index contributed by atoms with van der Waals surface area (Å²) >= 11 is 2.95. The highest BCUT2D eigenvalue weighted by molar-refractivity contribution is 9.10. The molecule has 0 spiro atoms. The fourth-order valence-corrected chi connectivity index (χ4v) is 2.41. The van der Waals surface area contributed by atoms with Crippen molar-refractivity contribution < 1.29 is 13.5 Å². The van der Waals surface area contributed by atoms with E-state index in [2.05, 4.69) is 15.9 Å². The monoisotopic (exact) mass is 355 g/mol. The number of methoxy groups -OCH3 is 1. The van der Waals surface area contributed by atoms with Crippen molar-refractivity contribution in [1.82, 2.24) is 0 Å². The van der Waals surface area contributed by atoms with Crippen molar-refractivity contribution in [2.45, 2.75) is 18.9 Å². The topological polar surface area (TPSA) is 35.2 Å². The lowest BCUT2D eigenvalue weighted by Crippen LogP contribution is -2.13. The highest BCUT2D eigenvalue weighted by atomic mass is 79.9. The quantitative estimate of drug-likeness (QED) is 0.808. The van der Waals surface area contributed by atoms with Gasteiger partial charge >= 0.3 is 0 Å². The van der Waals surface area contributed by atoms with Gasteiger partial charge in [-0.25, -0.2) is 8.78 Å². The van der Waals surface area contributed by atoms with Crippen LogP contribution >= 0.6 is 15.9 Å². The number of aryl methyl sites for hydroxylation is 1. The van der Waals surface area contributed by atoms with Crippen LogP contribution in [0, 0.1) is 11.6 Å². The number of benzene rings is 2. The van der Waals surface area contributed by atoms with Crippen molar-refractivity contribution in [1.29, 1.82) is 0 Å². The minimum atomic E-state index is -0.547. The van der Waals surface area contributed by atoms with Crippen LogP contribution in [0.15, 0.2) is 40.9 Å². The minimum Gasteiger partial charge on any atom is -0.497 e. The fraction of sp³-hybridized carbons (Fsp3) is 0.250. The van der Waals surface area contributed by atoms with E-state index in [0.29, 0.717) is 12.8 Å². The van der Waals surface area contributed by atoms with Crippen molar-refractivity contribution in [2.24, 2.45) is 5.73 Å². The van der Waals surface area contributed by atoms with Gasteiger partial charge in [-0.2, -0.15) is 0 Å². The summed E-state index contributed by atoms with van der Waals surface area (Å²) in [5, 5.41) is 0. The fourth-order valence-electron chi connectivity index (χ4n) is 2.09. The zero-order chi connectivity index (χ0) is 15.4. The Morgan fingerprint density at radius 2 is 1.81 bits per heavy atom. The first-order valence-corrected chi connectivity index (χ1v) is 7.33. The molecule has 0 fully saturated rings. The molecule has 0 aliphatic heterocycles. The van der Waals surface area contributed by atoms with Crippen LogP contribution in [0.1, 0.15) is 23.6 Å². The van der Waals surface area contributed by atoms with Gasteiger partial charge in [0.05, 0.1) is 11.6 Å². The van der Waals surface area contributed by atoms with Crippen molar-refractivity contribution in [3.05, 3.63) is 63.6 Å². The summed E-state index contributed by atoms with van der Waals surface area (Å²) in [5.74, 6) is -0.221. The van der Waals surface area contributed by atoms with Gasteiger partial charge in [-0.1, -0.05) is 12.1 Å². The second kappa shape index (κ2) is 7.00. The predicted molar refractivity (Wildman–Crippen MR) is 82.3 cm³/mol. The molecule has 2 aromatic carbocycles. The lowest BCUT2D eigenvalue weighted by atomic mass is 9.99. The Bertz CT molecular complexity index is 616. The third-order valence-electron chi connectivity index (χ3n) is 3.34. The average Bonchev–Trinajstić information content (AvgIpc) is 2.49. The van der Waals surface area contributed by atoms with E-state index < -0.39 is 17.7 Å². The SMILES string of the molecule is COc1ccc(CCC(N)c2cc(F)c(Br)cc2F)cc1. The number of hydrogen-bond donors (Lipinski definition) is 1. The van der Waals surface area contributed by atoms with Crippen molar-refractivity contribution >= 4 is 15.9 Å². The molecule has 112 valence electrons. The summed E-state index contributed by atoms with van der Waals surface area (Å²) in [6.07, 6.45) is 1.21. The molecule has 2 aromatic rings. The van der Waals surface area contributed by atoms with Crippen molar-refractivity contribution in [3.63, 3.8) is 0 Å². The van der Waals surface area contributed by atoms with Gasteiger partial charge in [-0.15, -0.1) is 0 Å². The first-order chi connectivity index (χ1) is 10.0. The Morgan fingerprint density at radius 3 is 2.43 bits per heavy atom. The second-order valence-corrected chi connectivity index (χ2v) is 5.64. The molecule has 0 bridgehead atoms. The summed E-state index contributed by atoms with van der Waals surface area (Å²) in [4.78, 5) is 0. The summed E-state index contributed by atoms with van der Waals surface area (Å²) in [5.41, 5.74) is 7.24. The molecule has 0 radical (unpaired) electrons. The van der Waals surface area contributed by atoms with E-state index in [0.717, 1.165) is 23.4 Å². The van der Waals surface area contributed by atoms with Gasteiger partial charge in [0.1, 0.15) is 17.4 Å². The van der Waals surface area contributed by atoms with Gasteiger partial charge in [0.2, 0.25) is 0 Å². The Morgan fingerprint density at radius 1 is 1.14 bits per heavy atom. The maximum Gasteiger partial charge on any atom is 0.137 e. The van der Waals surface area contributed by atoms with Crippen LogP contribution in [0.5, 0.6) is 5.75 Å². The van der Waals surface area contributed by atoms with Crippen LogP contribution in [0.25, 0.3) is 0 Å². The molecule has 0 heterocycles. The van der Waals surface area contributed by atoms with E-state index in [4.69, 9.17) is 10.5 Å². The number of ether oxygens (including phenoxy) is 1. The Labute approximate surface area is 131 Å². The van der Waals surface area contributed by atoms with Crippen molar-refractivity contribution in [2.75, 3.05) is 7.11 Å². The lowest BCUT2D eigenvalue weighted by molar-refractivity contribution is 0.414. The van der Waals surface area contributed by atoms with E-state index in [1.807, 2.05) is 24.3 Å². The Balaban J connectivity index is 2.04. The zero-order valence-corrected chi connectivity index (χ0v) is 13.2.